The van der Waals surface area contributed by atoms with E-state index in [2.05, 4.69) is 48.1 Å². The smallest absolute Gasteiger partial charge is 0.0522 e. The van der Waals surface area contributed by atoms with E-state index in [-0.39, 0.29) is 0 Å². The largest absolute Gasteiger partial charge is 0.352 e. The fourth-order valence-electron chi connectivity index (χ4n) is 2.17. The predicted octanol–water partition coefficient (Wildman–Crippen LogP) is 1.71. The van der Waals surface area contributed by atoms with Crippen molar-refractivity contribution in [2.75, 3.05) is 6.54 Å². The molecule has 0 bridgehead atoms. The minimum absolute atomic E-state index is 0.938. The fourth-order valence-corrected chi connectivity index (χ4v) is 2.17. The van der Waals surface area contributed by atoms with Crippen molar-refractivity contribution >= 4 is 0 Å². The van der Waals surface area contributed by atoms with Crippen LogP contribution in [0.3, 0.4) is 0 Å². The van der Waals surface area contributed by atoms with Crippen LogP contribution in [0.15, 0.2) is 18.5 Å². The summed E-state index contributed by atoms with van der Waals surface area (Å²) in [5, 5.41) is 7.66. The lowest BCUT2D eigenvalue weighted by Gasteiger charge is -2.04. The normalized spacial score (nSPS) is 11.1. The Morgan fingerprint density at radius 2 is 2.06 bits per heavy atom. The molecule has 4 heteroatoms. The van der Waals surface area contributed by atoms with E-state index in [1.807, 2.05) is 17.9 Å². The first-order valence-electron chi connectivity index (χ1n) is 6.38. The van der Waals surface area contributed by atoms with Gasteiger partial charge in [-0.3, -0.25) is 4.68 Å². The number of nitrogens with one attached hydrogen (secondary N) is 1. The summed E-state index contributed by atoms with van der Waals surface area (Å²) in [6.45, 7) is 6.24. The van der Waals surface area contributed by atoms with Crippen LogP contribution in [0.1, 0.15) is 22.5 Å². The minimum Gasteiger partial charge on any atom is -0.352 e. The Balaban J connectivity index is 1.80. The molecule has 0 aromatic carbocycles. The number of hydrogen-bond acceptors (Lipinski definition) is 2. The standard InChI is InChI=1S/C14H22N4/c1-11-7-14(12(2)18(11)4)9-15-6-5-13-8-16-17(3)10-13/h7-8,10,15H,5-6,9H2,1-4H3. The van der Waals surface area contributed by atoms with E-state index >= 15 is 0 Å². The molecule has 0 radical (unpaired) electrons. The van der Waals surface area contributed by atoms with Gasteiger partial charge < -0.3 is 9.88 Å². The fraction of sp³-hybridized carbons (Fsp3) is 0.500. The maximum absolute atomic E-state index is 4.17. The summed E-state index contributed by atoms with van der Waals surface area (Å²) >= 11 is 0. The third-order valence-electron chi connectivity index (χ3n) is 3.54. The van der Waals surface area contributed by atoms with Crippen molar-refractivity contribution in [3.8, 4) is 0 Å². The van der Waals surface area contributed by atoms with E-state index in [0.717, 1.165) is 19.5 Å². The minimum atomic E-state index is 0.938. The summed E-state index contributed by atoms with van der Waals surface area (Å²) in [4.78, 5) is 0. The number of hydrogen-bond donors (Lipinski definition) is 1. The van der Waals surface area contributed by atoms with Crippen LogP contribution in [0.5, 0.6) is 0 Å². The Labute approximate surface area is 109 Å². The van der Waals surface area contributed by atoms with E-state index in [1.54, 1.807) is 0 Å². The average molecular weight is 246 g/mol. The van der Waals surface area contributed by atoms with E-state index < -0.39 is 0 Å². The zero-order valence-electron chi connectivity index (χ0n) is 11.7. The van der Waals surface area contributed by atoms with Gasteiger partial charge in [0.15, 0.2) is 0 Å². The second-order valence-electron chi connectivity index (χ2n) is 4.90. The van der Waals surface area contributed by atoms with Gasteiger partial charge in [0, 0.05) is 38.2 Å². The highest BCUT2D eigenvalue weighted by Crippen LogP contribution is 2.12. The topological polar surface area (TPSA) is 34.8 Å². The van der Waals surface area contributed by atoms with Gasteiger partial charge in [0.25, 0.3) is 0 Å². The monoisotopic (exact) mass is 246 g/mol. The van der Waals surface area contributed by atoms with Crippen LogP contribution in [-0.2, 0) is 27.1 Å². The molecular weight excluding hydrogens is 224 g/mol. The Morgan fingerprint density at radius 1 is 1.28 bits per heavy atom. The van der Waals surface area contributed by atoms with Crippen molar-refractivity contribution in [1.82, 2.24) is 19.7 Å². The molecule has 0 aliphatic carbocycles. The molecule has 0 atom stereocenters. The van der Waals surface area contributed by atoms with Crippen molar-refractivity contribution < 1.29 is 0 Å². The van der Waals surface area contributed by atoms with Crippen LogP contribution in [0.2, 0.25) is 0 Å². The van der Waals surface area contributed by atoms with Crippen molar-refractivity contribution in [1.29, 1.82) is 0 Å². The lowest BCUT2D eigenvalue weighted by molar-refractivity contribution is 0.681. The van der Waals surface area contributed by atoms with E-state index in [1.165, 1.54) is 22.5 Å². The molecule has 1 N–H and O–H groups in total. The van der Waals surface area contributed by atoms with Gasteiger partial charge in [-0.05, 0) is 44.0 Å². The highest BCUT2D eigenvalue weighted by atomic mass is 15.2. The second kappa shape index (κ2) is 5.40. The lowest BCUT2D eigenvalue weighted by atomic mass is 10.2. The third-order valence-corrected chi connectivity index (χ3v) is 3.54. The molecule has 4 nitrogen and oxygen atoms in total. The van der Waals surface area contributed by atoms with Crippen molar-refractivity contribution in [3.63, 3.8) is 0 Å². The van der Waals surface area contributed by atoms with E-state index in [0.29, 0.717) is 0 Å². The van der Waals surface area contributed by atoms with Crippen LogP contribution in [0.4, 0.5) is 0 Å². The molecule has 0 aliphatic rings. The first kappa shape index (κ1) is 12.9. The summed E-state index contributed by atoms with van der Waals surface area (Å²) in [6, 6.07) is 2.26. The summed E-state index contributed by atoms with van der Waals surface area (Å²) in [6.07, 6.45) is 5.03. The molecule has 0 spiro atoms. The van der Waals surface area contributed by atoms with Crippen LogP contribution < -0.4 is 5.32 Å². The number of aromatic nitrogens is 3. The SMILES string of the molecule is Cc1cc(CNCCc2cnn(C)c2)c(C)n1C. The van der Waals surface area contributed by atoms with Crippen LogP contribution in [0, 0.1) is 13.8 Å². The molecule has 2 heterocycles. The Kier molecular flexibility index (Phi) is 3.87. The summed E-state index contributed by atoms with van der Waals surface area (Å²) in [5.74, 6) is 0. The first-order valence-corrected chi connectivity index (χ1v) is 6.38. The van der Waals surface area contributed by atoms with Gasteiger partial charge in [-0.2, -0.15) is 5.10 Å². The number of aryl methyl sites for hydroxylation is 2. The quantitative estimate of drug-likeness (QED) is 0.815. The third kappa shape index (κ3) is 2.82. The molecule has 0 saturated heterocycles. The van der Waals surface area contributed by atoms with E-state index in [9.17, 15) is 0 Å². The number of rotatable bonds is 5. The molecule has 0 fully saturated rings. The number of nitrogens with zero attached hydrogens (tertiary/aromatic N) is 3. The van der Waals surface area contributed by atoms with Crippen LogP contribution in [0.25, 0.3) is 0 Å². The first-order chi connectivity index (χ1) is 8.58. The highest BCUT2D eigenvalue weighted by Gasteiger charge is 2.05. The Hall–Kier alpha value is -1.55. The molecule has 2 rings (SSSR count). The van der Waals surface area contributed by atoms with Gasteiger partial charge in [0.2, 0.25) is 0 Å². The summed E-state index contributed by atoms with van der Waals surface area (Å²) in [7, 11) is 4.07. The lowest BCUT2D eigenvalue weighted by Crippen LogP contribution is -2.16. The molecule has 0 saturated carbocycles. The van der Waals surface area contributed by atoms with E-state index in [4.69, 9.17) is 0 Å². The van der Waals surface area contributed by atoms with Gasteiger partial charge in [-0.25, -0.2) is 0 Å². The van der Waals surface area contributed by atoms with Crippen LogP contribution >= 0.6 is 0 Å². The Morgan fingerprint density at radius 3 is 2.61 bits per heavy atom. The molecule has 98 valence electrons. The van der Waals surface area contributed by atoms with Crippen molar-refractivity contribution in [2.24, 2.45) is 14.1 Å². The van der Waals surface area contributed by atoms with Crippen LogP contribution in [-0.4, -0.2) is 20.9 Å². The molecule has 0 aliphatic heterocycles. The molecular formula is C14H22N4. The molecule has 0 amide bonds. The zero-order valence-corrected chi connectivity index (χ0v) is 11.7. The van der Waals surface area contributed by atoms with Crippen molar-refractivity contribution in [2.45, 2.75) is 26.8 Å². The summed E-state index contributed by atoms with van der Waals surface area (Å²) < 4.78 is 4.08. The van der Waals surface area contributed by atoms with Gasteiger partial charge in [-0.15, -0.1) is 0 Å². The highest BCUT2D eigenvalue weighted by molar-refractivity contribution is 5.26. The summed E-state index contributed by atoms with van der Waals surface area (Å²) in [5.41, 5.74) is 5.34. The van der Waals surface area contributed by atoms with Gasteiger partial charge in [-0.1, -0.05) is 0 Å². The predicted molar refractivity (Wildman–Crippen MR) is 73.5 cm³/mol. The van der Waals surface area contributed by atoms with Crippen molar-refractivity contribution in [3.05, 3.63) is 41.0 Å². The molecule has 2 aromatic rings. The van der Waals surface area contributed by atoms with Gasteiger partial charge >= 0.3 is 0 Å². The maximum Gasteiger partial charge on any atom is 0.0522 e. The van der Waals surface area contributed by atoms with Gasteiger partial charge in [0.1, 0.15) is 0 Å². The maximum atomic E-state index is 4.17. The average Bonchev–Trinajstić information content (AvgIpc) is 2.85. The molecule has 18 heavy (non-hydrogen) atoms. The van der Waals surface area contributed by atoms with Gasteiger partial charge in [0.05, 0.1) is 6.20 Å². The molecule has 0 unspecified atom stereocenters. The molecule has 2 aromatic heterocycles. The zero-order chi connectivity index (χ0) is 13.1. The Bertz CT molecular complexity index is 522. The second-order valence-corrected chi connectivity index (χ2v) is 4.90.